The largest absolute Gasteiger partial charge is 0.748 e. The molecule has 3 aromatic carbocycles. The maximum atomic E-state index is 11.6. The lowest BCUT2D eigenvalue weighted by molar-refractivity contribution is -0.673. The number of oxazole rings is 1. The number of pyridine rings is 1. The highest BCUT2D eigenvalue weighted by Crippen LogP contribution is 2.42. The van der Waals surface area contributed by atoms with Crippen molar-refractivity contribution in [3.8, 4) is 16.9 Å². The normalized spacial score (nSPS) is 14.1. The van der Waals surface area contributed by atoms with E-state index in [2.05, 4.69) is 4.98 Å². The number of nitrogens with zero attached hydrogens (tertiary/aromatic N) is 3. The first kappa shape index (κ1) is 33.5. The van der Waals surface area contributed by atoms with Gasteiger partial charge in [-0.05, 0) is 53.5 Å². The third-order valence-corrected chi connectivity index (χ3v) is 8.59. The molecule has 244 valence electrons. The molecule has 0 atom stereocenters. The van der Waals surface area contributed by atoms with Crippen LogP contribution in [0, 0.1) is 0 Å². The third kappa shape index (κ3) is 9.14. The minimum Gasteiger partial charge on any atom is -0.748 e. The standard InChI is InChI=1S/C29H28N2O8S2.C5H5N/c1-2-21(18-28-30(14-16-40(32,33)34)24-10-6-7-11-26(24)38-28)19-29-31(15-17-41(35,36)37)25-20-23(12-13-27(25)39-29)22-8-4-3-5-9-22;1-2-4-6-5-3-1/h3-13,18-20H,2,14-17H2,1H3,(H-,32,33,34,35,36,37);1-5H. The van der Waals surface area contributed by atoms with Crippen molar-refractivity contribution >= 4 is 43.1 Å². The minimum atomic E-state index is -4.46. The quantitative estimate of drug-likeness (QED) is 0.150. The second-order valence-corrected chi connectivity index (χ2v) is 13.6. The van der Waals surface area contributed by atoms with Crippen LogP contribution in [0.4, 0.5) is 5.69 Å². The van der Waals surface area contributed by atoms with Crippen LogP contribution in [0.1, 0.15) is 19.2 Å². The van der Waals surface area contributed by atoms with Gasteiger partial charge in [0.1, 0.15) is 10.1 Å². The predicted octanol–water partition coefficient (Wildman–Crippen LogP) is 5.44. The first-order chi connectivity index (χ1) is 22.5. The first-order valence-electron chi connectivity index (χ1n) is 14.7. The lowest BCUT2D eigenvalue weighted by Gasteiger charge is -2.18. The van der Waals surface area contributed by atoms with Gasteiger partial charge in [0.05, 0.1) is 23.3 Å². The van der Waals surface area contributed by atoms with Gasteiger partial charge >= 0.3 is 5.89 Å². The Balaban J connectivity index is 0.000000650. The van der Waals surface area contributed by atoms with E-state index in [9.17, 15) is 25.9 Å². The number of aryl methyl sites for hydroxylation is 1. The van der Waals surface area contributed by atoms with Gasteiger partial charge in [0.2, 0.25) is 11.5 Å². The maximum absolute atomic E-state index is 11.6. The average molecular weight is 676 g/mol. The van der Waals surface area contributed by atoms with Crippen molar-refractivity contribution in [1.29, 1.82) is 0 Å². The monoisotopic (exact) mass is 675 g/mol. The molecule has 2 aromatic heterocycles. The summed E-state index contributed by atoms with van der Waals surface area (Å²) in [5.74, 6) is 0.111. The van der Waals surface area contributed by atoms with Crippen molar-refractivity contribution in [3.63, 3.8) is 0 Å². The summed E-state index contributed by atoms with van der Waals surface area (Å²) in [6.07, 6.45) is 7.49. The van der Waals surface area contributed by atoms with E-state index in [1.807, 2.05) is 73.7 Å². The van der Waals surface area contributed by atoms with Gasteiger partial charge in [-0.1, -0.05) is 61.5 Å². The molecule has 6 rings (SSSR count). The van der Waals surface area contributed by atoms with E-state index >= 15 is 0 Å². The SMILES string of the molecule is CCC(=Cc1oc2ccccc2[n+]1CCS(=O)(=O)[O-])C=C1Oc2ccc(-c3ccccc3)cc2N1CCS(=O)(=O)O.c1ccncc1. The van der Waals surface area contributed by atoms with E-state index in [-0.39, 0.29) is 13.1 Å². The van der Waals surface area contributed by atoms with E-state index in [0.717, 1.165) is 16.7 Å². The second kappa shape index (κ2) is 14.7. The van der Waals surface area contributed by atoms with Gasteiger partial charge in [-0.15, -0.1) is 0 Å². The number of aromatic nitrogens is 2. The predicted molar refractivity (Wildman–Crippen MR) is 178 cm³/mol. The number of fused-ring (bicyclic) bond motifs is 2. The van der Waals surface area contributed by atoms with E-state index in [1.165, 1.54) is 0 Å². The Morgan fingerprint density at radius 3 is 2.26 bits per heavy atom. The maximum Gasteiger partial charge on any atom is 0.374 e. The number of para-hydroxylation sites is 2. The van der Waals surface area contributed by atoms with Gasteiger partial charge in [-0.3, -0.25) is 9.54 Å². The number of rotatable bonds is 10. The molecule has 1 aliphatic rings. The molecule has 0 amide bonds. The highest BCUT2D eigenvalue weighted by Gasteiger charge is 2.29. The van der Waals surface area contributed by atoms with E-state index < -0.39 is 31.7 Å². The van der Waals surface area contributed by atoms with Crippen molar-refractivity contribution < 1.29 is 39.7 Å². The minimum absolute atomic E-state index is 0.0566. The van der Waals surface area contributed by atoms with Gasteiger partial charge in [0.25, 0.3) is 15.6 Å². The fourth-order valence-corrected chi connectivity index (χ4v) is 5.75. The van der Waals surface area contributed by atoms with Gasteiger partial charge in [0.15, 0.2) is 12.3 Å². The number of ether oxygens (including phenoxy) is 1. The van der Waals surface area contributed by atoms with Gasteiger partial charge in [-0.2, -0.15) is 13.0 Å². The Kier molecular flexibility index (Phi) is 10.5. The molecule has 0 bridgehead atoms. The topological polar surface area (TPSA) is 154 Å². The highest BCUT2D eigenvalue weighted by molar-refractivity contribution is 7.86. The van der Waals surface area contributed by atoms with Gasteiger partial charge in [0, 0.05) is 31.1 Å². The zero-order valence-corrected chi connectivity index (χ0v) is 27.1. The molecule has 0 unspecified atom stereocenters. The summed E-state index contributed by atoms with van der Waals surface area (Å²) >= 11 is 0. The molecule has 13 heteroatoms. The Bertz CT molecular complexity index is 2090. The second-order valence-electron chi connectivity index (χ2n) is 10.5. The lowest BCUT2D eigenvalue weighted by atomic mass is 10.0. The average Bonchev–Trinajstić information content (AvgIpc) is 3.59. The highest BCUT2D eigenvalue weighted by atomic mass is 32.2. The molecule has 0 saturated heterocycles. The molecule has 0 spiro atoms. The van der Waals surface area contributed by atoms with Crippen molar-refractivity contribution in [2.75, 3.05) is 23.0 Å². The van der Waals surface area contributed by atoms with Gasteiger partial charge < -0.3 is 18.6 Å². The van der Waals surface area contributed by atoms with E-state index in [0.29, 0.717) is 40.7 Å². The number of anilines is 1. The molecule has 1 N–H and O–H groups in total. The van der Waals surface area contributed by atoms with Crippen molar-refractivity contribution in [2.45, 2.75) is 19.9 Å². The Labute approximate surface area is 273 Å². The molecule has 11 nitrogen and oxygen atoms in total. The van der Waals surface area contributed by atoms with Crippen molar-refractivity contribution in [1.82, 2.24) is 4.98 Å². The number of hydrogen-bond acceptors (Lipinski definition) is 9. The number of benzene rings is 3. The summed E-state index contributed by atoms with van der Waals surface area (Å²) in [7, 11) is -8.71. The van der Waals surface area contributed by atoms with Crippen LogP contribution in [0.5, 0.6) is 5.75 Å². The molecule has 47 heavy (non-hydrogen) atoms. The van der Waals surface area contributed by atoms with Crippen LogP contribution in [0.15, 0.2) is 125 Å². The van der Waals surface area contributed by atoms with Crippen LogP contribution in [-0.2, 0) is 26.8 Å². The van der Waals surface area contributed by atoms with Crippen LogP contribution in [0.25, 0.3) is 28.3 Å². The zero-order chi connectivity index (χ0) is 33.4. The first-order valence-corrected chi connectivity index (χ1v) is 17.9. The zero-order valence-electron chi connectivity index (χ0n) is 25.5. The summed E-state index contributed by atoms with van der Waals surface area (Å²) in [4.78, 5) is 5.47. The smallest absolute Gasteiger partial charge is 0.374 e. The molecule has 0 saturated carbocycles. The third-order valence-electron chi connectivity index (χ3n) is 7.20. The Morgan fingerprint density at radius 2 is 1.62 bits per heavy atom. The molecular weight excluding hydrogens is 643 g/mol. The van der Waals surface area contributed by atoms with Gasteiger partial charge in [-0.25, -0.2) is 8.42 Å². The molecular formula is C34H33N3O8S2. The van der Waals surface area contributed by atoms with Crippen LogP contribution < -0.4 is 14.2 Å². The summed E-state index contributed by atoms with van der Waals surface area (Å²) in [6, 6.07) is 28.1. The molecule has 0 aliphatic carbocycles. The number of hydrogen-bond donors (Lipinski definition) is 1. The van der Waals surface area contributed by atoms with Crippen molar-refractivity contribution in [3.05, 3.63) is 127 Å². The van der Waals surface area contributed by atoms with E-state index in [4.69, 9.17) is 9.15 Å². The van der Waals surface area contributed by atoms with E-state index in [1.54, 1.807) is 58.3 Å². The van der Waals surface area contributed by atoms with Crippen LogP contribution in [0.2, 0.25) is 0 Å². The Hall–Kier alpha value is -4.82. The van der Waals surface area contributed by atoms with Crippen molar-refractivity contribution in [2.24, 2.45) is 0 Å². The molecule has 0 radical (unpaired) electrons. The summed E-state index contributed by atoms with van der Waals surface area (Å²) in [5, 5.41) is 0. The van der Waals surface area contributed by atoms with Crippen LogP contribution in [0.3, 0.4) is 0 Å². The summed E-state index contributed by atoms with van der Waals surface area (Å²) < 4.78 is 80.6. The fraction of sp³-hybridized carbons (Fsp3) is 0.176. The number of allylic oxidation sites excluding steroid dienone is 2. The molecule has 1 aliphatic heterocycles. The fourth-order valence-electron chi connectivity index (χ4n) is 4.93. The molecule has 3 heterocycles. The Morgan fingerprint density at radius 1 is 0.915 bits per heavy atom. The molecule has 5 aromatic rings. The summed E-state index contributed by atoms with van der Waals surface area (Å²) in [6.45, 7) is 1.77. The summed E-state index contributed by atoms with van der Waals surface area (Å²) in [5.41, 5.74) is 4.43. The van der Waals surface area contributed by atoms with Crippen LogP contribution >= 0.6 is 0 Å². The van der Waals surface area contributed by atoms with Crippen LogP contribution in [-0.4, -0.2) is 49.0 Å². The lowest BCUT2D eigenvalue weighted by Crippen LogP contribution is -2.38. The molecule has 0 fully saturated rings.